The predicted octanol–water partition coefficient (Wildman–Crippen LogP) is 3.08. The highest BCUT2D eigenvalue weighted by Gasteiger charge is 2.33. The summed E-state index contributed by atoms with van der Waals surface area (Å²) in [6.45, 7) is 8.09. The van der Waals surface area contributed by atoms with Crippen molar-refractivity contribution in [1.82, 2.24) is 20.1 Å². The summed E-state index contributed by atoms with van der Waals surface area (Å²) in [4.78, 5) is 21.5. The summed E-state index contributed by atoms with van der Waals surface area (Å²) in [5.41, 5.74) is 3.09. The molecule has 0 unspecified atom stereocenters. The molecule has 3 heterocycles. The fourth-order valence-electron chi connectivity index (χ4n) is 4.15. The molecule has 0 radical (unpaired) electrons. The van der Waals surface area contributed by atoms with Gasteiger partial charge in [0.05, 0.1) is 36.2 Å². The van der Waals surface area contributed by atoms with E-state index in [1.807, 2.05) is 24.0 Å². The van der Waals surface area contributed by atoms with Crippen LogP contribution in [0.25, 0.3) is 6.08 Å². The molecule has 2 aromatic rings. The summed E-state index contributed by atoms with van der Waals surface area (Å²) >= 11 is 0. The number of pyridine rings is 1. The Morgan fingerprint density at radius 1 is 1.39 bits per heavy atom. The van der Waals surface area contributed by atoms with E-state index in [1.54, 1.807) is 19.4 Å². The Kier molecular flexibility index (Phi) is 6.84. The molecule has 0 spiro atoms. The number of nitriles is 1. The monoisotopic (exact) mass is 447 g/mol. The van der Waals surface area contributed by atoms with Crippen LogP contribution in [0.5, 0.6) is 0 Å². The minimum Gasteiger partial charge on any atom is -0.384 e. The third-order valence-electron chi connectivity index (χ3n) is 6.06. The largest absolute Gasteiger partial charge is 0.384 e. The van der Waals surface area contributed by atoms with Crippen molar-refractivity contribution in [3.63, 3.8) is 0 Å². The van der Waals surface area contributed by atoms with Crippen LogP contribution in [-0.4, -0.2) is 65.4 Å². The van der Waals surface area contributed by atoms with Gasteiger partial charge in [0.25, 0.3) is 0 Å². The molecule has 1 saturated carbocycles. The second kappa shape index (κ2) is 9.96. The van der Waals surface area contributed by atoms with Crippen LogP contribution in [0.15, 0.2) is 24.9 Å². The lowest BCUT2D eigenvalue weighted by Gasteiger charge is -2.41. The summed E-state index contributed by atoms with van der Waals surface area (Å²) < 4.78 is 5.04. The van der Waals surface area contributed by atoms with Gasteiger partial charge >= 0.3 is 0 Å². The number of nitrogens with one attached hydrogen (secondary N) is 1. The number of piperazine rings is 1. The van der Waals surface area contributed by atoms with E-state index in [1.165, 1.54) is 0 Å². The number of aromatic nitrogens is 3. The van der Waals surface area contributed by atoms with E-state index in [0.29, 0.717) is 55.8 Å². The van der Waals surface area contributed by atoms with Gasteiger partial charge in [-0.25, -0.2) is 4.98 Å². The van der Waals surface area contributed by atoms with Crippen molar-refractivity contribution >= 4 is 29.3 Å². The number of methoxy groups -OCH3 is 1. The fourth-order valence-corrected chi connectivity index (χ4v) is 4.15. The standard InChI is InChI=1S/C24H29N7O2/c1-4-17-11-21(29-26-14-17)27-20-12-19(13-25)24(28-23(20)18-5-6-18)30-8-9-31(16(2)15-30)22(32)7-10-33-3/h4,11-12,14,16,18H,1,5-10,15H2,2-3H3,(H,27,29)/t16-/m1/s1. The van der Waals surface area contributed by atoms with Crippen molar-refractivity contribution in [2.24, 2.45) is 0 Å². The Morgan fingerprint density at radius 2 is 2.21 bits per heavy atom. The predicted molar refractivity (Wildman–Crippen MR) is 126 cm³/mol. The molecule has 33 heavy (non-hydrogen) atoms. The molecule has 2 aromatic heterocycles. The first-order valence-corrected chi connectivity index (χ1v) is 11.2. The molecule has 1 saturated heterocycles. The zero-order valence-corrected chi connectivity index (χ0v) is 19.1. The molecule has 9 nitrogen and oxygen atoms in total. The number of ether oxygens (including phenoxy) is 1. The van der Waals surface area contributed by atoms with Gasteiger partial charge in [0.1, 0.15) is 11.9 Å². The van der Waals surface area contributed by atoms with E-state index in [4.69, 9.17) is 9.72 Å². The van der Waals surface area contributed by atoms with E-state index in [0.717, 1.165) is 29.8 Å². The van der Waals surface area contributed by atoms with Gasteiger partial charge in [0.2, 0.25) is 5.91 Å². The summed E-state index contributed by atoms with van der Waals surface area (Å²) in [5, 5.41) is 21.4. The maximum atomic E-state index is 12.5. The van der Waals surface area contributed by atoms with E-state index in [2.05, 4.69) is 33.1 Å². The van der Waals surface area contributed by atoms with E-state index in [9.17, 15) is 10.1 Å². The minimum absolute atomic E-state index is 0.0237. The number of hydrogen-bond acceptors (Lipinski definition) is 8. The second-order valence-electron chi connectivity index (χ2n) is 8.51. The van der Waals surface area contributed by atoms with Crippen molar-refractivity contribution in [1.29, 1.82) is 5.26 Å². The first-order valence-electron chi connectivity index (χ1n) is 11.2. The maximum absolute atomic E-state index is 12.5. The van der Waals surface area contributed by atoms with Gasteiger partial charge in [-0.3, -0.25) is 4.79 Å². The first kappa shape index (κ1) is 22.7. The highest BCUT2D eigenvalue weighted by atomic mass is 16.5. The number of anilines is 3. The molecule has 0 bridgehead atoms. The Balaban J connectivity index is 1.58. The van der Waals surface area contributed by atoms with Crippen molar-refractivity contribution in [2.45, 2.75) is 38.1 Å². The van der Waals surface area contributed by atoms with Crippen LogP contribution in [-0.2, 0) is 9.53 Å². The lowest BCUT2D eigenvalue weighted by molar-refractivity contribution is -0.134. The van der Waals surface area contributed by atoms with Crippen molar-refractivity contribution in [2.75, 3.05) is 43.6 Å². The topological polar surface area (TPSA) is 107 Å². The van der Waals surface area contributed by atoms with Crippen LogP contribution >= 0.6 is 0 Å². The number of rotatable bonds is 8. The van der Waals surface area contributed by atoms with Gasteiger partial charge in [-0.1, -0.05) is 12.7 Å². The molecule has 172 valence electrons. The SMILES string of the molecule is C=Cc1cnnc(Nc2cc(C#N)c(N3CCN(C(=O)CCOC)[C@H](C)C3)nc2C2CC2)c1. The molecular formula is C24H29N7O2. The van der Waals surface area contributed by atoms with Gasteiger partial charge in [-0.2, -0.15) is 10.4 Å². The van der Waals surface area contributed by atoms with E-state index >= 15 is 0 Å². The molecular weight excluding hydrogens is 418 g/mol. The normalized spacial score (nSPS) is 18.0. The first-order chi connectivity index (χ1) is 16.0. The van der Waals surface area contributed by atoms with Crippen LogP contribution in [0.2, 0.25) is 0 Å². The zero-order chi connectivity index (χ0) is 23.4. The van der Waals surface area contributed by atoms with Crippen LogP contribution in [0.3, 0.4) is 0 Å². The molecule has 4 rings (SSSR count). The molecule has 9 heteroatoms. The Morgan fingerprint density at radius 3 is 2.88 bits per heavy atom. The third kappa shape index (κ3) is 5.12. The van der Waals surface area contributed by atoms with Crippen LogP contribution in [0.4, 0.5) is 17.3 Å². The summed E-state index contributed by atoms with van der Waals surface area (Å²) in [6.07, 6.45) is 5.88. The fraction of sp³-hybridized carbons (Fsp3) is 0.458. The maximum Gasteiger partial charge on any atom is 0.225 e. The van der Waals surface area contributed by atoms with Gasteiger partial charge < -0.3 is 19.9 Å². The Labute approximate surface area is 194 Å². The number of carbonyl (C=O) groups excluding carboxylic acids is 1. The summed E-state index contributed by atoms with van der Waals surface area (Å²) in [5.74, 6) is 1.73. The average molecular weight is 448 g/mol. The average Bonchev–Trinajstić information content (AvgIpc) is 3.67. The quantitative estimate of drug-likeness (QED) is 0.658. The lowest BCUT2D eigenvalue weighted by atomic mass is 10.1. The number of carbonyl (C=O) groups is 1. The van der Waals surface area contributed by atoms with Crippen molar-refractivity contribution < 1.29 is 9.53 Å². The number of nitrogens with zero attached hydrogens (tertiary/aromatic N) is 6. The van der Waals surface area contributed by atoms with Gasteiger partial charge in [0, 0.05) is 38.7 Å². The number of hydrogen-bond donors (Lipinski definition) is 1. The third-order valence-corrected chi connectivity index (χ3v) is 6.06. The van der Waals surface area contributed by atoms with Crippen LogP contribution < -0.4 is 10.2 Å². The smallest absolute Gasteiger partial charge is 0.225 e. The Hall–Kier alpha value is -3.51. The Bertz CT molecular complexity index is 1080. The van der Waals surface area contributed by atoms with Crippen LogP contribution in [0.1, 0.15) is 48.9 Å². The second-order valence-corrected chi connectivity index (χ2v) is 8.51. The summed E-state index contributed by atoms with van der Waals surface area (Å²) in [7, 11) is 1.60. The highest BCUT2D eigenvalue weighted by molar-refractivity contribution is 5.77. The molecule has 0 aromatic carbocycles. The molecule has 1 amide bonds. The molecule has 1 aliphatic carbocycles. The van der Waals surface area contributed by atoms with Crippen molar-refractivity contribution in [3.8, 4) is 6.07 Å². The molecule has 1 atom stereocenters. The highest BCUT2D eigenvalue weighted by Crippen LogP contribution is 2.44. The van der Waals surface area contributed by atoms with Gasteiger partial charge in [0.15, 0.2) is 5.82 Å². The van der Waals surface area contributed by atoms with Crippen molar-refractivity contribution in [3.05, 3.63) is 41.7 Å². The number of amides is 1. The van der Waals surface area contributed by atoms with Crippen LogP contribution in [0, 0.1) is 11.3 Å². The molecule has 2 aliphatic rings. The zero-order valence-electron chi connectivity index (χ0n) is 19.1. The summed E-state index contributed by atoms with van der Waals surface area (Å²) in [6, 6.07) is 6.05. The van der Waals surface area contributed by atoms with E-state index < -0.39 is 0 Å². The minimum atomic E-state index is 0.0237. The van der Waals surface area contributed by atoms with Gasteiger partial charge in [-0.05, 0) is 37.5 Å². The van der Waals surface area contributed by atoms with Gasteiger partial charge in [-0.15, -0.1) is 5.10 Å². The molecule has 2 fully saturated rings. The molecule has 1 N–H and O–H groups in total. The molecule has 1 aliphatic heterocycles. The lowest BCUT2D eigenvalue weighted by Crippen LogP contribution is -2.54. The van der Waals surface area contributed by atoms with E-state index in [-0.39, 0.29) is 11.9 Å².